The second-order valence-electron chi connectivity index (χ2n) is 6.03. The zero-order chi connectivity index (χ0) is 17.6. The fraction of sp³-hybridized carbons (Fsp3) is 0.250. The third-order valence-corrected chi connectivity index (χ3v) is 4.24. The van der Waals surface area contributed by atoms with Crippen molar-refractivity contribution in [2.24, 2.45) is 0 Å². The molecule has 0 saturated heterocycles. The molecule has 0 fully saturated rings. The van der Waals surface area contributed by atoms with E-state index < -0.39 is 0 Å². The summed E-state index contributed by atoms with van der Waals surface area (Å²) >= 11 is 0. The van der Waals surface area contributed by atoms with Gasteiger partial charge < -0.3 is 4.90 Å². The van der Waals surface area contributed by atoms with E-state index in [-0.39, 0.29) is 5.91 Å². The minimum Gasteiger partial charge on any atom is -0.333 e. The highest BCUT2D eigenvalue weighted by atomic mass is 16.2. The van der Waals surface area contributed by atoms with Gasteiger partial charge in [0.2, 0.25) is 0 Å². The number of carbonyl (C=O) groups excluding carboxylic acids is 1. The van der Waals surface area contributed by atoms with Crippen LogP contribution in [0.3, 0.4) is 0 Å². The first-order valence-electron chi connectivity index (χ1n) is 8.45. The average molecular weight is 334 g/mol. The molecule has 0 spiro atoms. The second-order valence-corrected chi connectivity index (χ2v) is 6.03. The van der Waals surface area contributed by atoms with Crippen LogP contribution in [-0.4, -0.2) is 32.3 Å². The Balaban J connectivity index is 1.72. The molecule has 5 nitrogen and oxygen atoms in total. The summed E-state index contributed by atoms with van der Waals surface area (Å²) in [4.78, 5) is 14.5. The lowest BCUT2D eigenvalue weighted by Crippen LogP contribution is -2.30. The van der Waals surface area contributed by atoms with E-state index in [1.807, 2.05) is 49.4 Å². The molecule has 25 heavy (non-hydrogen) atoms. The van der Waals surface area contributed by atoms with Gasteiger partial charge in [0.1, 0.15) is 0 Å². The normalized spacial score (nSPS) is 10.6. The standard InChI is InChI=1S/C20H22N4O/c1-3-23(13-17-10-5-4-6-11-17)20(25)19-15-24(22-21-19)14-18-12-8-7-9-16(18)2/h4-12,15H,3,13-14H2,1-2H3. The fourth-order valence-electron chi connectivity index (χ4n) is 2.73. The Morgan fingerprint density at radius 3 is 2.52 bits per heavy atom. The summed E-state index contributed by atoms with van der Waals surface area (Å²) < 4.78 is 1.71. The van der Waals surface area contributed by atoms with E-state index in [2.05, 4.69) is 29.4 Å². The van der Waals surface area contributed by atoms with Crippen molar-refractivity contribution >= 4 is 5.91 Å². The van der Waals surface area contributed by atoms with Crippen molar-refractivity contribution in [3.05, 3.63) is 83.2 Å². The molecular formula is C20H22N4O. The van der Waals surface area contributed by atoms with Crippen LogP contribution in [0.1, 0.15) is 34.1 Å². The number of hydrogen-bond donors (Lipinski definition) is 0. The molecular weight excluding hydrogens is 312 g/mol. The minimum atomic E-state index is -0.0950. The predicted octanol–water partition coefficient (Wildman–Crippen LogP) is 3.30. The average Bonchev–Trinajstić information content (AvgIpc) is 3.10. The highest BCUT2D eigenvalue weighted by Gasteiger charge is 2.18. The zero-order valence-corrected chi connectivity index (χ0v) is 14.6. The highest BCUT2D eigenvalue weighted by molar-refractivity contribution is 5.91. The molecule has 1 heterocycles. The van der Waals surface area contributed by atoms with E-state index in [1.165, 1.54) is 11.1 Å². The third-order valence-electron chi connectivity index (χ3n) is 4.24. The fourth-order valence-corrected chi connectivity index (χ4v) is 2.73. The Morgan fingerprint density at radius 2 is 1.80 bits per heavy atom. The number of aryl methyl sites for hydroxylation is 1. The highest BCUT2D eigenvalue weighted by Crippen LogP contribution is 2.11. The third kappa shape index (κ3) is 4.12. The molecule has 0 aliphatic carbocycles. The van der Waals surface area contributed by atoms with Gasteiger partial charge in [-0.3, -0.25) is 4.79 Å². The molecule has 0 aliphatic rings. The number of nitrogens with zero attached hydrogens (tertiary/aromatic N) is 4. The molecule has 3 aromatic rings. The first kappa shape index (κ1) is 16.9. The monoisotopic (exact) mass is 334 g/mol. The zero-order valence-electron chi connectivity index (χ0n) is 14.6. The minimum absolute atomic E-state index is 0.0950. The predicted molar refractivity (Wildman–Crippen MR) is 97.2 cm³/mol. The summed E-state index contributed by atoms with van der Waals surface area (Å²) in [6.45, 7) is 5.84. The molecule has 3 rings (SSSR count). The van der Waals surface area contributed by atoms with E-state index in [9.17, 15) is 4.79 Å². The molecule has 5 heteroatoms. The largest absolute Gasteiger partial charge is 0.333 e. The first-order valence-corrected chi connectivity index (χ1v) is 8.45. The van der Waals surface area contributed by atoms with E-state index in [4.69, 9.17) is 0 Å². The summed E-state index contributed by atoms with van der Waals surface area (Å²) in [5.41, 5.74) is 3.85. The number of carbonyl (C=O) groups is 1. The maximum absolute atomic E-state index is 12.7. The van der Waals surface area contributed by atoms with Gasteiger partial charge >= 0.3 is 0 Å². The van der Waals surface area contributed by atoms with Crippen LogP contribution in [0.2, 0.25) is 0 Å². The van der Waals surface area contributed by atoms with Crippen molar-refractivity contribution in [1.82, 2.24) is 19.9 Å². The lowest BCUT2D eigenvalue weighted by molar-refractivity contribution is 0.0746. The maximum Gasteiger partial charge on any atom is 0.276 e. The van der Waals surface area contributed by atoms with E-state index in [1.54, 1.807) is 15.8 Å². The van der Waals surface area contributed by atoms with E-state index >= 15 is 0 Å². The van der Waals surface area contributed by atoms with Crippen LogP contribution in [0.25, 0.3) is 0 Å². The first-order chi connectivity index (χ1) is 12.2. The lowest BCUT2D eigenvalue weighted by atomic mass is 10.1. The van der Waals surface area contributed by atoms with Crippen LogP contribution < -0.4 is 0 Å². The molecule has 2 aromatic carbocycles. The summed E-state index contributed by atoms with van der Waals surface area (Å²) in [7, 11) is 0. The van der Waals surface area contributed by atoms with Gasteiger partial charge in [0.05, 0.1) is 12.7 Å². The van der Waals surface area contributed by atoms with Crippen LogP contribution >= 0.6 is 0 Å². The van der Waals surface area contributed by atoms with Crippen molar-refractivity contribution in [2.75, 3.05) is 6.54 Å². The Bertz CT molecular complexity index is 842. The topological polar surface area (TPSA) is 51.0 Å². The van der Waals surface area contributed by atoms with Crippen LogP contribution in [0.15, 0.2) is 60.8 Å². The second kappa shape index (κ2) is 7.75. The summed E-state index contributed by atoms with van der Waals surface area (Å²) in [5, 5.41) is 8.19. The smallest absolute Gasteiger partial charge is 0.276 e. The lowest BCUT2D eigenvalue weighted by Gasteiger charge is -2.19. The van der Waals surface area contributed by atoms with Gasteiger partial charge in [-0.25, -0.2) is 4.68 Å². The Hall–Kier alpha value is -2.95. The van der Waals surface area contributed by atoms with Gasteiger partial charge in [0.25, 0.3) is 5.91 Å². The van der Waals surface area contributed by atoms with Gasteiger partial charge in [-0.2, -0.15) is 0 Å². The van der Waals surface area contributed by atoms with Gasteiger partial charge in [0, 0.05) is 13.1 Å². The van der Waals surface area contributed by atoms with Crippen LogP contribution in [0, 0.1) is 6.92 Å². The molecule has 1 amide bonds. The molecule has 0 saturated carbocycles. The van der Waals surface area contributed by atoms with Crippen molar-refractivity contribution in [3.63, 3.8) is 0 Å². The number of aromatic nitrogens is 3. The Morgan fingerprint density at radius 1 is 1.08 bits per heavy atom. The quantitative estimate of drug-likeness (QED) is 0.695. The molecule has 0 atom stereocenters. The Labute approximate surface area is 147 Å². The van der Waals surface area contributed by atoms with Gasteiger partial charge in [0.15, 0.2) is 5.69 Å². The van der Waals surface area contributed by atoms with Crippen molar-refractivity contribution in [3.8, 4) is 0 Å². The Kier molecular flexibility index (Phi) is 5.23. The van der Waals surface area contributed by atoms with Crippen molar-refractivity contribution < 1.29 is 4.79 Å². The van der Waals surface area contributed by atoms with E-state index in [0.717, 1.165) is 5.56 Å². The molecule has 1 aromatic heterocycles. The molecule has 0 unspecified atom stereocenters. The maximum atomic E-state index is 12.7. The molecule has 0 aliphatic heterocycles. The number of benzene rings is 2. The van der Waals surface area contributed by atoms with Gasteiger partial charge in [-0.1, -0.05) is 59.8 Å². The molecule has 0 N–H and O–H groups in total. The number of amides is 1. The SMILES string of the molecule is CCN(Cc1ccccc1)C(=O)c1cn(Cc2ccccc2C)nn1. The summed E-state index contributed by atoms with van der Waals surface area (Å²) in [5.74, 6) is -0.0950. The van der Waals surface area contributed by atoms with Crippen LogP contribution in [0.5, 0.6) is 0 Å². The summed E-state index contributed by atoms with van der Waals surface area (Å²) in [6.07, 6.45) is 1.72. The molecule has 0 bridgehead atoms. The number of rotatable bonds is 6. The van der Waals surface area contributed by atoms with Crippen molar-refractivity contribution in [1.29, 1.82) is 0 Å². The van der Waals surface area contributed by atoms with Crippen LogP contribution in [0.4, 0.5) is 0 Å². The van der Waals surface area contributed by atoms with Crippen LogP contribution in [-0.2, 0) is 13.1 Å². The number of hydrogen-bond acceptors (Lipinski definition) is 3. The van der Waals surface area contributed by atoms with E-state index in [0.29, 0.717) is 25.3 Å². The molecule has 0 radical (unpaired) electrons. The van der Waals surface area contributed by atoms with Gasteiger partial charge in [-0.15, -0.1) is 5.10 Å². The van der Waals surface area contributed by atoms with Crippen molar-refractivity contribution in [2.45, 2.75) is 26.9 Å². The summed E-state index contributed by atoms with van der Waals surface area (Å²) in [6, 6.07) is 18.1. The molecule has 128 valence electrons. The van der Waals surface area contributed by atoms with Gasteiger partial charge in [-0.05, 0) is 30.5 Å².